The first-order chi connectivity index (χ1) is 16.6. The zero-order valence-electron chi connectivity index (χ0n) is 18.3. The number of benzene rings is 1. The largest absolute Gasteiger partial charge is 0.495 e. The lowest BCUT2D eigenvalue weighted by atomic mass is 9.96. The van der Waals surface area contributed by atoms with Gasteiger partial charge >= 0.3 is 0 Å². The molecule has 0 aliphatic heterocycles. The number of ether oxygens (including phenoxy) is 1. The van der Waals surface area contributed by atoms with Gasteiger partial charge in [-0.05, 0) is 17.7 Å². The molecule has 0 atom stereocenters. The van der Waals surface area contributed by atoms with Gasteiger partial charge in [-0.15, -0.1) is 11.3 Å². The molecule has 3 aromatic rings. The number of pyridine rings is 1. The second-order valence-corrected chi connectivity index (χ2v) is 8.13. The monoisotopic (exact) mass is 496 g/mol. The number of primary amides is 2. The van der Waals surface area contributed by atoms with Crippen molar-refractivity contribution in [1.29, 1.82) is 5.26 Å². The zero-order valence-corrected chi connectivity index (χ0v) is 19.1. The molecule has 10 N–H and O–H groups in total. The lowest BCUT2D eigenvalue weighted by Gasteiger charge is -2.15. The van der Waals surface area contributed by atoms with E-state index in [4.69, 9.17) is 27.7 Å². The van der Waals surface area contributed by atoms with E-state index >= 15 is 0 Å². The molecule has 13 nitrogen and oxygen atoms in total. The molecular weight excluding hydrogens is 476 g/mol. The van der Waals surface area contributed by atoms with E-state index in [1.165, 1.54) is 19.2 Å². The highest BCUT2D eigenvalue weighted by Crippen LogP contribution is 2.43. The summed E-state index contributed by atoms with van der Waals surface area (Å²) in [5.41, 5.74) is 23.5. The van der Waals surface area contributed by atoms with E-state index in [0.29, 0.717) is 21.3 Å². The van der Waals surface area contributed by atoms with Crippen LogP contribution >= 0.6 is 11.3 Å². The molecule has 0 aliphatic carbocycles. The fraction of sp³-hybridized carbons (Fsp3) is 0.143. The number of anilines is 3. The Kier molecular flexibility index (Phi) is 7.02. The summed E-state index contributed by atoms with van der Waals surface area (Å²) in [6, 6.07) is 6.66. The standard InChI is InChI=1S/C21H20N8O5S/c1-34-11-3-2-8(4-10(11)28-14(32)7-27-13(31)5-12(23)30)15-9(6-22)19(25)29-21-16(15)17(24)18(35-21)20(26)33/h2-4H,5,7,24H2,1H3,(H2,23,30)(H2,25,29)(H2,26,33)(H,27,31)(H,28,32). The molecule has 0 spiro atoms. The first kappa shape index (κ1) is 24.7. The Hall–Kier alpha value is -4.90. The molecule has 2 aromatic heterocycles. The van der Waals surface area contributed by atoms with Gasteiger partial charge in [-0.1, -0.05) is 6.07 Å². The Bertz CT molecular complexity index is 1430. The number of nitrogens with zero attached hydrogens (tertiary/aromatic N) is 2. The average Bonchev–Trinajstić information content (AvgIpc) is 3.12. The average molecular weight is 497 g/mol. The number of nitrogens with one attached hydrogen (secondary N) is 2. The number of carbonyl (C=O) groups excluding carboxylic acids is 4. The molecule has 0 radical (unpaired) electrons. The minimum atomic E-state index is -0.833. The van der Waals surface area contributed by atoms with Crippen molar-refractivity contribution in [3.05, 3.63) is 28.6 Å². The second-order valence-electron chi connectivity index (χ2n) is 7.13. The maximum Gasteiger partial charge on any atom is 0.260 e. The van der Waals surface area contributed by atoms with Crippen LogP contribution in [0.3, 0.4) is 0 Å². The van der Waals surface area contributed by atoms with Gasteiger partial charge in [-0.3, -0.25) is 19.2 Å². The molecule has 0 saturated carbocycles. The SMILES string of the molecule is COc1ccc(-c2c(C#N)c(N)nc3sc(C(N)=O)c(N)c23)cc1NC(=O)CNC(=O)CC(N)=O. The number of hydrogen-bond donors (Lipinski definition) is 6. The summed E-state index contributed by atoms with van der Waals surface area (Å²) >= 11 is 0.943. The minimum absolute atomic E-state index is 0.0131. The van der Waals surface area contributed by atoms with Crippen molar-refractivity contribution in [3.63, 3.8) is 0 Å². The summed E-state index contributed by atoms with van der Waals surface area (Å²) in [6.45, 7) is -0.436. The van der Waals surface area contributed by atoms with Gasteiger partial charge < -0.3 is 38.3 Å². The fourth-order valence-corrected chi connectivity index (χ4v) is 4.27. The Morgan fingerprint density at radius 2 is 1.89 bits per heavy atom. The maximum atomic E-state index is 12.4. The highest BCUT2D eigenvalue weighted by atomic mass is 32.1. The number of nitriles is 1. The van der Waals surface area contributed by atoms with E-state index in [1.807, 2.05) is 6.07 Å². The fourth-order valence-electron chi connectivity index (χ4n) is 3.31. The third-order valence-electron chi connectivity index (χ3n) is 4.78. The zero-order chi connectivity index (χ0) is 25.9. The van der Waals surface area contributed by atoms with Crippen LogP contribution in [-0.2, 0) is 14.4 Å². The maximum absolute atomic E-state index is 12.4. The lowest BCUT2D eigenvalue weighted by molar-refractivity contribution is -0.129. The van der Waals surface area contributed by atoms with Crippen LogP contribution in [0.4, 0.5) is 17.2 Å². The summed E-state index contributed by atoms with van der Waals surface area (Å²) in [5.74, 6) is -2.72. The smallest absolute Gasteiger partial charge is 0.260 e. The van der Waals surface area contributed by atoms with Gasteiger partial charge in [-0.2, -0.15) is 5.26 Å². The Morgan fingerprint density at radius 1 is 1.17 bits per heavy atom. The van der Waals surface area contributed by atoms with E-state index in [-0.39, 0.29) is 33.4 Å². The molecule has 3 rings (SSSR count). The van der Waals surface area contributed by atoms with Crippen LogP contribution in [0.15, 0.2) is 18.2 Å². The summed E-state index contributed by atoms with van der Waals surface area (Å²) in [6.07, 6.45) is -0.558. The highest BCUT2D eigenvalue weighted by molar-refractivity contribution is 7.21. The molecule has 0 bridgehead atoms. The van der Waals surface area contributed by atoms with Crippen molar-refractivity contribution >= 4 is 62.4 Å². The lowest BCUT2D eigenvalue weighted by Crippen LogP contribution is -2.35. The van der Waals surface area contributed by atoms with Gasteiger partial charge in [0.15, 0.2) is 0 Å². The van der Waals surface area contributed by atoms with Crippen LogP contribution in [0, 0.1) is 11.3 Å². The van der Waals surface area contributed by atoms with E-state index in [0.717, 1.165) is 11.3 Å². The molecule has 14 heteroatoms. The topological polar surface area (TPSA) is 242 Å². The van der Waals surface area contributed by atoms with Crippen LogP contribution in [0.5, 0.6) is 5.75 Å². The quantitative estimate of drug-likeness (QED) is 0.230. The van der Waals surface area contributed by atoms with Gasteiger partial charge in [0.25, 0.3) is 5.91 Å². The normalized spacial score (nSPS) is 10.4. The van der Waals surface area contributed by atoms with E-state index in [9.17, 15) is 24.4 Å². The van der Waals surface area contributed by atoms with Gasteiger partial charge in [0.2, 0.25) is 17.7 Å². The van der Waals surface area contributed by atoms with E-state index in [1.54, 1.807) is 6.07 Å². The first-order valence-electron chi connectivity index (χ1n) is 9.81. The number of nitrogens with two attached hydrogens (primary N) is 4. The molecule has 0 fully saturated rings. The van der Waals surface area contributed by atoms with Crippen molar-refractivity contribution < 1.29 is 23.9 Å². The van der Waals surface area contributed by atoms with Crippen LogP contribution in [-0.4, -0.2) is 42.3 Å². The first-order valence-corrected chi connectivity index (χ1v) is 10.6. The number of carbonyl (C=O) groups is 4. The summed E-state index contributed by atoms with van der Waals surface area (Å²) < 4.78 is 5.29. The highest BCUT2D eigenvalue weighted by Gasteiger charge is 2.24. The molecule has 35 heavy (non-hydrogen) atoms. The van der Waals surface area contributed by atoms with Gasteiger partial charge in [-0.25, -0.2) is 4.98 Å². The van der Waals surface area contributed by atoms with Crippen molar-refractivity contribution in [2.45, 2.75) is 6.42 Å². The molecule has 1 aromatic carbocycles. The summed E-state index contributed by atoms with van der Waals surface area (Å²) in [4.78, 5) is 51.1. The number of fused-ring (bicyclic) bond motifs is 1. The van der Waals surface area contributed by atoms with Gasteiger partial charge in [0.05, 0.1) is 25.0 Å². The minimum Gasteiger partial charge on any atom is -0.495 e. The van der Waals surface area contributed by atoms with E-state index in [2.05, 4.69) is 15.6 Å². The Labute approximate surface area is 202 Å². The molecule has 2 heterocycles. The molecule has 0 aliphatic rings. The van der Waals surface area contributed by atoms with Crippen molar-refractivity contribution in [3.8, 4) is 22.9 Å². The predicted molar refractivity (Wildman–Crippen MR) is 129 cm³/mol. The molecular formula is C21H20N8O5S. The summed E-state index contributed by atoms with van der Waals surface area (Å²) in [5, 5.41) is 14.9. The van der Waals surface area contributed by atoms with Crippen LogP contribution in [0.2, 0.25) is 0 Å². The molecule has 0 saturated heterocycles. The van der Waals surface area contributed by atoms with Crippen molar-refractivity contribution in [2.24, 2.45) is 11.5 Å². The molecule has 4 amide bonds. The number of hydrogen-bond acceptors (Lipinski definition) is 10. The number of aromatic nitrogens is 1. The summed E-state index contributed by atoms with van der Waals surface area (Å²) in [7, 11) is 1.39. The van der Waals surface area contributed by atoms with Gasteiger partial charge in [0, 0.05) is 10.9 Å². The number of amides is 4. The van der Waals surface area contributed by atoms with Crippen LogP contribution < -0.4 is 38.3 Å². The molecule has 0 unspecified atom stereocenters. The number of nitrogen functional groups attached to an aromatic ring is 2. The Morgan fingerprint density at radius 3 is 2.49 bits per heavy atom. The van der Waals surface area contributed by atoms with Crippen LogP contribution in [0.25, 0.3) is 21.3 Å². The third-order valence-corrected chi connectivity index (χ3v) is 5.90. The predicted octanol–water partition coefficient (Wildman–Crippen LogP) is 0.0370. The molecule has 180 valence electrons. The number of thiophene rings is 1. The number of methoxy groups -OCH3 is 1. The Balaban J connectivity index is 2.07. The number of rotatable bonds is 8. The third kappa shape index (κ3) is 5.04. The van der Waals surface area contributed by atoms with E-state index < -0.39 is 36.6 Å². The van der Waals surface area contributed by atoms with Gasteiger partial charge in [0.1, 0.15) is 39.3 Å². The van der Waals surface area contributed by atoms with Crippen LogP contribution in [0.1, 0.15) is 21.7 Å². The van der Waals surface area contributed by atoms with Crippen molar-refractivity contribution in [2.75, 3.05) is 30.4 Å². The second kappa shape index (κ2) is 9.93. The van der Waals surface area contributed by atoms with Crippen molar-refractivity contribution in [1.82, 2.24) is 10.3 Å².